The molecule has 8 heteroatoms. The Bertz CT molecular complexity index is 372. The van der Waals surface area contributed by atoms with E-state index in [0.29, 0.717) is 18.1 Å². The van der Waals surface area contributed by atoms with Crippen molar-refractivity contribution in [3.63, 3.8) is 0 Å². The molecule has 1 aliphatic carbocycles. The zero-order valence-corrected chi connectivity index (χ0v) is 9.16. The number of nitrogens with zero attached hydrogens (tertiary/aromatic N) is 2. The van der Waals surface area contributed by atoms with E-state index in [1.807, 2.05) is 0 Å². The SMILES string of the molecule is NC1(CNc2nc(C(F)(F)F)ns2)CCC1. The van der Waals surface area contributed by atoms with Crippen LogP contribution in [0.3, 0.4) is 0 Å². The first-order valence-electron chi connectivity index (χ1n) is 4.83. The van der Waals surface area contributed by atoms with Crippen LogP contribution in [0.25, 0.3) is 0 Å². The molecule has 16 heavy (non-hydrogen) atoms. The standard InChI is InChI=1S/C8H11F3N4S/c9-8(10,11)5-14-6(16-15-5)13-4-7(12)2-1-3-7/h1-4,12H2,(H,13,14,15). The molecular weight excluding hydrogens is 241 g/mol. The number of nitrogens with two attached hydrogens (primary N) is 1. The number of aromatic nitrogens is 2. The minimum absolute atomic E-state index is 0.170. The Morgan fingerprint density at radius 1 is 1.44 bits per heavy atom. The number of alkyl halides is 3. The van der Waals surface area contributed by atoms with Crippen LogP contribution >= 0.6 is 11.5 Å². The monoisotopic (exact) mass is 252 g/mol. The van der Waals surface area contributed by atoms with Crippen molar-refractivity contribution in [1.82, 2.24) is 9.36 Å². The predicted octanol–water partition coefficient (Wildman–Crippen LogP) is 1.85. The largest absolute Gasteiger partial charge is 0.452 e. The second-order valence-electron chi connectivity index (χ2n) is 3.99. The second-order valence-corrected chi connectivity index (χ2v) is 4.74. The summed E-state index contributed by atoms with van der Waals surface area (Å²) < 4.78 is 39.8. The van der Waals surface area contributed by atoms with E-state index in [0.717, 1.165) is 19.3 Å². The van der Waals surface area contributed by atoms with Gasteiger partial charge in [-0.1, -0.05) is 0 Å². The Kier molecular flexibility index (Phi) is 2.79. The minimum Gasteiger partial charge on any atom is -0.358 e. The Morgan fingerprint density at radius 2 is 2.12 bits per heavy atom. The van der Waals surface area contributed by atoms with E-state index >= 15 is 0 Å². The minimum atomic E-state index is -4.48. The van der Waals surface area contributed by atoms with Gasteiger partial charge in [0.1, 0.15) is 0 Å². The first kappa shape index (κ1) is 11.6. The highest BCUT2D eigenvalue weighted by Gasteiger charge is 2.37. The molecule has 1 aromatic heterocycles. The maximum atomic E-state index is 12.2. The van der Waals surface area contributed by atoms with Crippen molar-refractivity contribution in [2.75, 3.05) is 11.9 Å². The van der Waals surface area contributed by atoms with Gasteiger partial charge in [-0.15, -0.1) is 0 Å². The fraction of sp³-hybridized carbons (Fsp3) is 0.750. The number of rotatable bonds is 3. The molecule has 2 rings (SSSR count). The van der Waals surface area contributed by atoms with Gasteiger partial charge in [0.25, 0.3) is 0 Å². The van der Waals surface area contributed by atoms with Gasteiger partial charge in [-0.3, -0.25) is 0 Å². The molecule has 0 amide bonds. The predicted molar refractivity (Wildman–Crippen MR) is 54.2 cm³/mol. The highest BCUT2D eigenvalue weighted by Crippen LogP contribution is 2.31. The van der Waals surface area contributed by atoms with Crippen molar-refractivity contribution in [1.29, 1.82) is 0 Å². The normalized spacial score (nSPS) is 19.2. The van der Waals surface area contributed by atoms with Crippen LogP contribution in [0.15, 0.2) is 0 Å². The van der Waals surface area contributed by atoms with Crippen LogP contribution in [-0.2, 0) is 6.18 Å². The van der Waals surface area contributed by atoms with Crippen LogP contribution in [0.4, 0.5) is 18.3 Å². The van der Waals surface area contributed by atoms with Crippen LogP contribution in [0.2, 0.25) is 0 Å². The summed E-state index contributed by atoms with van der Waals surface area (Å²) in [6, 6.07) is 0. The van der Waals surface area contributed by atoms with Crippen molar-refractivity contribution in [3.05, 3.63) is 5.82 Å². The molecule has 0 atom stereocenters. The van der Waals surface area contributed by atoms with Gasteiger partial charge in [0, 0.05) is 23.6 Å². The molecule has 1 fully saturated rings. The van der Waals surface area contributed by atoms with E-state index in [1.54, 1.807) is 0 Å². The average molecular weight is 252 g/mol. The topological polar surface area (TPSA) is 63.8 Å². The van der Waals surface area contributed by atoms with Gasteiger partial charge in [0.15, 0.2) is 0 Å². The molecule has 0 aliphatic heterocycles. The second kappa shape index (κ2) is 3.85. The van der Waals surface area contributed by atoms with E-state index in [1.165, 1.54) is 0 Å². The Balaban J connectivity index is 1.93. The Labute approximate surface area is 94.2 Å². The van der Waals surface area contributed by atoms with Gasteiger partial charge in [0.05, 0.1) is 0 Å². The zero-order chi connectivity index (χ0) is 11.8. The summed E-state index contributed by atoms with van der Waals surface area (Å²) >= 11 is 0.704. The molecule has 1 saturated carbocycles. The summed E-state index contributed by atoms with van der Waals surface area (Å²) in [6.07, 6.45) is -1.62. The van der Waals surface area contributed by atoms with E-state index < -0.39 is 12.0 Å². The smallest absolute Gasteiger partial charge is 0.358 e. The lowest BCUT2D eigenvalue weighted by Crippen LogP contribution is -2.51. The number of hydrogen-bond acceptors (Lipinski definition) is 5. The Morgan fingerprint density at radius 3 is 2.56 bits per heavy atom. The van der Waals surface area contributed by atoms with Crippen molar-refractivity contribution in [2.24, 2.45) is 5.73 Å². The molecular formula is C8H11F3N4S. The number of hydrogen-bond donors (Lipinski definition) is 2. The third kappa shape index (κ3) is 2.43. The number of halogens is 3. The lowest BCUT2D eigenvalue weighted by atomic mass is 9.78. The molecule has 90 valence electrons. The van der Waals surface area contributed by atoms with Crippen molar-refractivity contribution >= 4 is 16.7 Å². The quantitative estimate of drug-likeness (QED) is 0.861. The summed E-state index contributed by atoms with van der Waals surface area (Å²) in [5.41, 5.74) is 5.63. The summed E-state index contributed by atoms with van der Waals surface area (Å²) in [4.78, 5) is 3.36. The van der Waals surface area contributed by atoms with Gasteiger partial charge in [-0.05, 0) is 19.3 Å². The van der Waals surface area contributed by atoms with Crippen LogP contribution in [0.5, 0.6) is 0 Å². The van der Waals surface area contributed by atoms with Crippen LogP contribution in [0, 0.1) is 0 Å². The molecule has 1 heterocycles. The molecule has 0 unspecified atom stereocenters. The molecule has 0 radical (unpaired) electrons. The van der Waals surface area contributed by atoms with Crippen molar-refractivity contribution in [3.8, 4) is 0 Å². The van der Waals surface area contributed by atoms with Gasteiger partial charge >= 0.3 is 6.18 Å². The van der Waals surface area contributed by atoms with Crippen LogP contribution < -0.4 is 11.1 Å². The molecule has 4 nitrogen and oxygen atoms in total. The van der Waals surface area contributed by atoms with Gasteiger partial charge in [-0.25, -0.2) is 0 Å². The Hall–Kier alpha value is -0.890. The molecule has 0 saturated heterocycles. The molecule has 0 spiro atoms. The molecule has 1 aromatic rings. The first-order valence-corrected chi connectivity index (χ1v) is 5.60. The maximum Gasteiger partial charge on any atom is 0.452 e. The number of anilines is 1. The van der Waals surface area contributed by atoms with Gasteiger partial charge in [0.2, 0.25) is 11.0 Å². The molecule has 1 aliphatic rings. The maximum absolute atomic E-state index is 12.2. The highest BCUT2D eigenvalue weighted by molar-refractivity contribution is 7.09. The first-order chi connectivity index (χ1) is 7.39. The lowest BCUT2D eigenvalue weighted by molar-refractivity contribution is -0.144. The molecule has 3 N–H and O–H groups in total. The highest BCUT2D eigenvalue weighted by atomic mass is 32.1. The van der Waals surface area contributed by atoms with E-state index in [4.69, 9.17) is 5.73 Å². The third-order valence-corrected chi connectivity index (χ3v) is 3.29. The van der Waals surface area contributed by atoms with Crippen LogP contribution in [0.1, 0.15) is 25.1 Å². The average Bonchev–Trinajstić information content (AvgIpc) is 2.59. The fourth-order valence-corrected chi connectivity index (χ4v) is 2.05. The third-order valence-electron chi connectivity index (χ3n) is 2.62. The summed E-state index contributed by atoms with van der Waals surface area (Å²) in [6.45, 7) is 0.444. The summed E-state index contributed by atoms with van der Waals surface area (Å²) in [5, 5.41) is 2.97. The zero-order valence-electron chi connectivity index (χ0n) is 8.34. The van der Waals surface area contributed by atoms with Crippen LogP contribution in [-0.4, -0.2) is 21.4 Å². The van der Waals surface area contributed by atoms with Crippen molar-refractivity contribution in [2.45, 2.75) is 31.0 Å². The van der Waals surface area contributed by atoms with Crippen molar-refractivity contribution < 1.29 is 13.2 Å². The molecule has 0 aromatic carbocycles. The van der Waals surface area contributed by atoms with Gasteiger partial charge in [-0.2, -0.15) is 22.5 Å². The molecule has 0 bridgehead atoms. The van der Waals surface area contributed by atoms with E-state index in [-0.39, 0.29) is 10.7 Å². The number of nitrogens with one attached hydrogen (secondary N) is 1. The van der Waals surface area contributed by atoms with E-state index in [9.17, 15) is 13.2 Å². The fourth-order valence-electron chi connectivity index (χ4n) is 1.47. The summed E-state index contributed by atoms with van der Waals surface area (Å²) in [7, 11) is 0. The lowest BCUT2D eigenvalue weighted by Gasteiger charge is -2.37. The van der Waals surface area contributed by atoms with E-state index in [2.05, 4.69) is 14.7 Å². The summed E-state index contributed by atoms with van der Waals surface area (Å²) in [5.74, 6) is -1.10. The van der Waals surface area contributed by atoms with Gasteiger partial charge < -0.3 is 11.1 Å².